The maximum atomic E-state index is 12.5. The molecule has 1 unspecified atom stereocenters. The van der Waals surface area contributed by atoms with Crippen molar-refractivity contribution in [2.45, 2.75) is 26.4 Å². The summed E-state index contributed by atoms with van der Waals surface area (Å²) in [7, 11) is 2.03. The molecule has 0 heterocycles. The zero-order valence-corrected chi connectivity index (χ0v) is 14.0. The Morgan fingerprint density at radius 1 is 1.13 bits per heavy atom. The van der Waals surface area contributed by atoms with Gasteiger partial charge in [0.15, 0.2) is 6.04 Å². The molecule has 0 aromatic heterocycles. The van der Waals surface area contributed by atoms with Crippen molar-refractivity contribution < 1.29 is 14.4 Å². The fourth-order valence-corrected chi connectivity index (χ4v) is 2.39. The van der Waals surface area contributed by atoms with Crippen molar-refractivity contribution in [1.82, 2.24) is 0 Å². The summed E-state index contributed by atoms with van der Waals surface area (Å²) in [5.74, 6) is 0.696. The molecule has 2 N–H and O–H groups in total. The molecule has 23 heavy (non-hydrogen) atoms. The summed E-state index contributed by atoms with van der Waals surface area (Å²) in [4.78, 5) is 13.7. The Balaban J connectivity index is 1.99. The van der Waals surface area contributed by atoms with E-state index in [0.717, 1.165) is 17.1 Å². The summed E-state index contributed by atoms with van der Waals surface area (Å²) in [5, 5.41) is 2.98. The average molecular weight is 313 g/mol. The molecule has 2 aromatic rings. The number of amides is 1. The lowest BCUT2D eigenvalue weighted by atomic mass is 10.2. The Morgan fingerprint density at radius 3 is 2.48 bits per heavy atom. The molecule has 0 spiro atoms. The topological polar surface area (TPSA) is 42.8 Å². The Kier molecular flexibility index (Phi) is 6.18. The average Bonchev–Trinajstić information content (AvgIpc) is 2.57. The van der Waals surface area contributed by atoms with Crippen LogP contribution in [0.5, 0.6) is 5.75 Å². The zero-order chi connectivity index (χ0) is 16.7. The minimum atomic E-state index is -0.162. The van der Waals surface area contributed by atoms with Gasteiger partial charge in [0, 0.05) is 5.56 Å². The van der Waals surface area contributed by atoms with Gasteiger partial charge in [-0.05, 0) is 26.0 Å². The number of para-hydroxylation sites is 2. The number of ether oxygens (including phenoxy) is 1. The van der Waals surface area contributed by atoms with E-state index in [4.69, 9.17) is 4.74 Å². The first kappa shape index (κ1) is 17.0. The first-order valence-electron chi connectivity index (χ1n) is 8.00. The lowest BCUT2D eigenvalue weighted by molar-refractivity contribution is -0.907. The highest BCUT2D eigenvalue weighted by atomic mass is 16.5. The minimum absolute atomic E-state index is 0.00872. The summed E-state index contributed by atoms with van der Waals surface area (Å²) in [6.45, 7) is 5.25. The monoisotopic (exact) mass is 313 g/mol. The van der Waals surface area contributed by atoms with Crippen molar-refractivity contribution in [3.05, 3.63) is 60.2 Å². The van der Waals surface area contributed by atoms with Gasteiger partial charge in [-0.25, -0.2) is 0 Å². The number of carbonyl (C=O) groups is 1. The number of anilines is 1. The number of hydrogen-bond donors (Lipinski definition) is 2. The van der Waals surface area contributed by atoms with Crippen molar-refractivity contribution in [1.29, 1.82) is 0 Å². The van der Waals surface area contributed by atoms with Gasteiger partial charge in [-0.3, -0.25) is 4.79 Å². The van der Waals surface area contributed by atoms with Gasteiger partial charge in [-0.15, -0.1) is 0 Å². The van der Waals surface area contributed by atoms with Gasteiger partial charge < -0.3 is 15.0 Å². The van der Waals surface area contributed by atoms with E-state index < -0.39 is 0 Å². The van der Waals surface area contributed by atoms with Crippen LogP contribution in [-0.2, 0) is 11.3 Å². The lowest BCUT2D eigenvalue weighted by Crippen LogP contribution is -3.12. The van der Waals surface area contributed by atoms with Crippen LogP contribution in [0.25, 0.3) is 0 Å². The van der Waals surface area contributed by atoms with Gasteiger partial charge in [0.25, 0.3) is 5.91 Å². The van der Waals surface area contributed by atoms with Gasteiger partial charge in [-0.1, -0.05) is 42.5 Å². The van der Waals surface area contributed by atoms with E-state index in [1.54, 1.807) is 0 Å². The molecular formula is C19H25N2O2+. The summed E-state index contributed by atoms with van der Waals surface area (Å²) in [6.07, 6.45) is 0. The minimum Gasteiger partial charge on any atom is -0.492 e. The molecule has 0 fully saturated rings. The standard InChI is InChI=1S/C19H24N2O2/c1-4-23-18-13-9-8-12-17(18)20-19(22)15(2)21(3)14-16-10-6-5-7-11-16/h5-13,15H,4,14H2,1-3H3,(H,20,22)/p+1/t15-/m0/s1. The highest BCUT2D eigenvalue weighted by Crippen LogP contribution is 2.23. The third kappa shape index (κ3) is 4.83. The highest BCUT2D eigenvalue weighted by Gasteiger charge is 2.22. The number of likely N-dealkylation sites (N-methyl/N-ethyl adjacent to an activating group) is 1. The van der Waals surface area contributed by atoms with Crippen molar-refractivity contribution in [3.8, 4) is 5.75 Å². The van der Waals surface area contributed by atoms with E-state index in [2.05, 4.69) is 17.4 Å². The Morgan fingerprint density at radius 2 is 1.78 bits per heavy atom. The van der Waals surface area contributed by atoms with E-state index in [9.17, 15) is 4.79 Å². The summed E-state index contributed by atoms with van der Waals surface area (Å²) in [6, 6.07) is 17.6. The number of quaternary nitrogens is 1. The molecule has 4 heteroatoms. The highest BCUT2D eigenvalue weighted by molar-refractivity contribution is 5.94. The van der Waals surface area contributed by atoms with Gasteiger partial charge >= 0.3 is 0 Å². The molecule has 4 nitrogen and oxygen atoms in total. The van der Waals surface area contributed by atoms with Crippen LogP contribution in [0.1, 0.15) is 19.4 Å². The van der Waals surface area contributed by atoms with Crippen LogP contribution in [0.3, 0.4) is 0 Å². The predicted octanol–water partition coefficient (Wildman–Crippen LogP) is 2.13. The number of hydrogen-bond acceptors (Lipinski definition) is 2. The van der Waals surface area contributed by atoms with E-state index in [-0.39, 0.29) is 11.9 Å². The molecule has 0 radical (unpaired) electrons. The van der Waals surface area contributed by atoms with E-state index in [1.165, 1.54) is 5.56 Å². The fourth-order valence-electron chi connectivity index (χ4n) is 2.39. The van der Waals surface area contributed by atoms with E-state index >= 15 is 0 Å². The second-order valence-electron chi connectivity index (χ2n) is 5.65. The van der Waals surface area contributed by atoms with Crippen LogP contribution < -0.4 is 15.0 Å². The predicted molar refractivity (Wildman–Crippen MR) is 92.7 cm³/mol. The zero-order valence-electron chi connectivity index (χ0n) is 14.0. The van der Waals surface area contributed by atoms with Crippen LogP contribution in [0.4, 0.5) is 5.69 Å². The smallest absolute Gasteiger partial charge is 0.282 e. The molecule has 1 amide bonds. The summed E-state index contributed by atoms with van der Waals surface area (Å²) < 4.78 is 5.55. The molecule has 0 aliphatic rings. The number of benzene rings is 2. The number of carbonyl (C=O) groups excluding carboxylic acids is 1. The largest absolute Gasteiger partial charge is 0.492 e. The molecule has 2 aromatic carbocycles. The van der Waals surface area contributed by atoms with Crippen LogP contribution in [0, 0.1) is 0 Å². The second-order valence-corrected chi connectivity index (χ2v) is 5.65. The van der Waals surface area contributed by atoms with Crippen molar-refractivity contribution in [2.24, 2.45) is 0 Å². The molecule has 2 rings (SSSR count). The quantitative estimate of drug-likeness (QED) is 0.822. The summed E-state index contributed by atoms with van der Waals surface area (Å²) >= 11 is 0. The van der Waals surface area contributed by atoms with E-state index in [1.807, 2.05) is 63.4 Å². The van der Waals surface area contributed by atoms with Crippen LogP contribution in [0.2, 0.25) is 0 Å². The fraction of sp³-hybridized carbons (Fsp3) is 0.316. The van der Waals surface area contributed by atoms with Crippen molar-refractivity contribution >= 4 is 11.6 Å². The van der Waals surface area contributed by atoms with Gasteiger partial charge in [0.05, 0.1) is 19.3 Å². The lowest BCUT2D eigenvalue weighted by Gasteiger charge is -2.21. The SMILES string of the molecule is CCOc1ccccc1NC(=O)[C@H](C)[NH+](C)Cc1ccccc1. The van der Waals surface area contributed by atoms with Crippen molar-refractivity contribution in [2.75, 3.05) is 19.0 Å². The molecule has 0 aliphatic carbocycles. The van der Waals surface area contributed by atoms with Crippen LogP contribution >= 0.6 is 0 Å². The molecular weight excluding hydrogens is 288 g/mol. The molecule has 0 saturated heterocycles. The molecule has 2 atom stereocenters. The molecule has 0 saturated carbocycles. The Labute approximate surface area is 138 Å². The van der Waals surface area contributed by atoms with Gasteiger partial charge in [0.1, 0.15) is 12.3 Å². The number of rotatable bonds is 7. The molecule has 0 bridgehead atoms. The molecule has 122 valence electrons. The Hall–Kier alpha value is -2.33. The normalized spacial score (nSPS) is 13.2. The first-order chi connectivity index (χ1) is 11.1. The third-order valence-electron chi connectivity index (χ3n) is 3.90. The Bertz CT molecular complexity index is 628. The van der Waals surface area contributed by atoms with Crippen molar-refractivity contribution in [3.63, 3.8) is 0 Å². The molecule has 0 aliphatic heterocycles. The van der Waals surface area contributed by atoms with Crippen LogP contribution in [-0.4, -0.2) is 25.6 Å². The summed E-state index contributed by atoms with van der Waals surface area (Å²) in [5.41, 5.74) is 1.94. The van der Waals surface area contributed by atoms with Gasteiger partial charge in [-0.2, -0.15) is 0 Å². The third-order valence-corrected chi connectivity index (χ3v) is 3.90. The maximum absolute atomic E-state index is 12.5. The van der Waals surface area contributed by atoms with Gasteiger partial charge in [0.2, 0.25) is 0 Å². The number of nitrogens with one attached hydrogen (secondary N) is 2. The van der Waals surface area contributed by atoms with E-state index in [0.29, 0.717) is 12.4 Å². The maximum Gasteiger partial charge on any atom is 0.282 e. The first-order valence-corrected chi connectivity index (χ1v) is 8.00. The second kappa shape index (κ2) is 8.34. The van der Waals surface area contributed by atoms with Crippen LogP contribution in [0.15, 0.2) is 54.6 Å².